The van der Waals surface area contributed by atoms with Crippen LogP contribution in [0.4, 0.5) is 11.5 Å². The lowest BCUT2D eigenvalue weighted by Crippen LogP contribution is -3.07. The summed E-state index contributed by atoms with van der Waals surface area (Å²) in [4.78, 5) is 31.2. The Kier molecular flexibility index (Phi) is 6.54. The van der Waals surface area contributed by atoms with Crippen LogP contribution in [0.2, 0.25) is 5.02 Å². The molecule has 8 nitrogen and oxygen atoms in total. The fourth-order valence-electron chi connectivity index (χ4n) is 3.70. The van der Waals surface area contributed by atoms with Crippen molar-refractivity contribution in [1.82, 2.24) is 9.13 Å². The Hall–Kier alpha value is -1.78. The molecule has 160 valence electrons. The molecule has 0 amide bonds. The van der Waals surface area contributed by atoms with E-state index in [4.69, 9.17) is 21.1 Å². The number of halogens is 2. The number of nitrogens with one attached hydrogen (secondary N) is 1. The number of hydrogen-bond acceptors (Lipinski definition) is 5. The van der Waals surface area contributed by atoms with Gasteiger partial charge in [0.2, 0.25) is 11.5 Å². The molecule has 4 rings (SSSR count). The second-order valence-corrected chi connectivity index (χ2v) is 8.54. The van der Waals surface area contributed by atoms with Crippen molar-refractivity contribution in [3.63, 3.8) is 0 Å². The molecule has 2 aliphatic heterocycles. The Balaban J connectivity index is 1.59. The number of hydrogen-bond donors (Lipinski definition) is 1. The van der Waals surface area contributed by atoms with Crippen molar-refractivity contribution in [2.45, 2.75) is 38.6 Å². The summed E-state index contributed by atoms with van der Waals surface area (Å²) >= 11 is 9.44. The van der Waals surface area contributed by atoms with Crippen LogP contribution in [0, 0.1) is 0 Å². The maximum atomic E-state index is 13.2. The number of quaternary nitrogens is 1. The van der Waals surface area contributed by atoms with Gasteiger partial charge in [0.05, 0.1) is 13.2 Å². The minimum atomic E-state index is -0.413. The molecule has 30 heavy (non-hydrogen) atoms. The molecule has 0 radical (unpaired) electrons. The number of fused-ring (bicyclic) bond motifs is 1. The summed E-state index contributed by atoms with van der Waals surface area (Å²) in [5.74, 6) is 0.369. The Bertz CT molecular complexity index is 1070. The number of amidine groups is 1. The number of aliphatic imine (C=N–C) groups is 1. The molecule has 2 unspecified atom stereocenters. The molecule has 2 atom stereocenters. The highest BCUT2D eigenvalue weighted by atomic mass is 79.9. The van der Waals surface area contributed by atoms with E-state index in [0.29, 0.717) is 34.4 Å². The lowest BCUT2D eigenvalue weighted by Gasteiger charge is -2.22. The van der Waals surface area contributed by atoms with Crippen molar-refractivity contribution in [2.24, 2.45) is 12.0 Å². The number of aromatic nitrogens is 2. The average molecular weight is 499 g/mol. The van der Waals surface area contributed by atoms with Crippen LogP contribution < -0.4 is 16.1 Å². The van der Waals surface area contributed by atoms with Gasteiger partial charge in [0.1, 0.15) is 6.54 Å². The molecular weight excluding hydrogens is 476 g/mol. The highest BCUT2D eigenvalue weighted by Gasteiger charge is 2.35. The van der Waals surface area contributed by atoms with Gasteiger partial charge in [-0.3, -0.25) is 13.9 Å². The van der Waals surface area contributed by atoms with Gasteiger partial charge in [-0.1, -0.05) is 23.7 Å². The maximum absolute atomic E-state index is 13.2. The van der Waals surface area contributed by atoms with Crippen molar-refractivity contribution in [3.05, 3.63) is 55.7 Å². The van der Waals surface area contributed by atoms with Gasteiger partial charge in [0.15, 0.2) is 6.29 Å². The Morgan fingerprint density at radius 3 is 2.77 bits per heavy atom. The molecule has 0 aliphatic carbocycles. The van der Waals surface area contributed by atoms with Crippen molar-refractivity contribution < 1.29 is 14.4 Å². The van der Waals surface area contributed by atoms with E-state index >= 15 is 0 Å². The number of ether oxygens (including phenoxy) is 2. The van der Waals surface area contributed by atoms with Gasteiger partial charge in [-0.15, -0.1) is 0 Å². The first kappa shape index (κ1) is 21.5. The van der Waals surface area contributed by atoms with Crippen molar-refractivity contribution in [1.29, 1.82) is 0 Å². The SMILES string of the molecule is Cn1c2c(c(=O)n(CCOC3CCCCO3)c1=O)[NH+](Cc1ccc(Cl)cc1)C(Br)=N2. The van der Waals surface area contributed by atoms with Crippen LogP contribution in [0.1, 0.15) is 24.8 Å². The zero-order valence-electron chi connectivity index (χ0n) is 16.6. The third-order valence-electron chi connectivity index (χ3n) is 5.32. The third kappa shape index (κ3) is 4.31. The minimum Gasteiger partial charge on any atom is -0.353 e. The fraction of sp³-hybridized carbons (Fsp3) is 0.450. The molecule has 1 N–H and O–H groups in total. The second-order valence-electron chi connectivity index (χ2n) is 7.35. The van der Waals surface area contributed by atoms with Gasteiger partial charge >= 0.3 is 11.2 Å². The summed E-state index contributed by atoms with van der Waals surface area (Å²) in [6, 6.07) is 7.43. The van der Waals surface area contributed by atoms with Crippen molar-refractivity contribution in [3.8, 4) is 0 Å². The summed E-state index contributed by atoms with van der Waals surface area (Å²) in [5, 5.41) is 0.648. The zero-order valence-corrected chi connectivity index (χ0v) is 18.9. The molecule has 0 saturated carbocycles. The van der Waals surface area contributed by atoms with Gasteiger partial charge in [-0.25, -0.2) is 9.69 Å². The predicted octanol–water partition coefficient (Wildman–Crippen LogP) is 1.86. The summed E-state index contributed by atoms with van der Waals surface area (Å²) in [7, 11) is 1.62. The Labute approximate surface area is 186 Å². The first-order chi connectivity index (χ1) is 14.5. The molecule has 0 bridgehead atoms. The molecule has 0 spiro atoms. The number of rotatable bonds is 6. The molecular formula is C20H23BrClN4O4+. The Morgan fingerprint density at radius 1 is 1.30 bits per heavy atom. The van der Waals surface area contributed by atoms with E-state index in [1.54, 1.807) is 7.05 Å². The predicted molar refractivity (Wildman–Crippen MR) is 117 cm³/mol. The van der Waals surface area contributed by atoms with E-state index in [-0.39, 0.29) is 25.0 Å². The highest BCUT2D eigenvalue weighted by Crippen LogP contribution is 2.22. The molecule has 1 aromatic heterocycles. The van der Waals surface area contributed by atoms with E-state index in [9.17, 15) is 9.59 Å². The molecule has 2 aromatic rings. The van der Waals surface area contributed by atoms with Crippen molar-refractivity contribution >= 4 is 43.8 Å². The van der Waals surface area contributed by atoms with Gasteiger partial charge in [-0.05, 0) is 31.4 Å². The molecule has 3 heterocycles. The smallest absolute Gasteiger partial charge is 0.332 e. The van der Waals surface area contributed by atoms with E-state index in [1.807, 2.05) is 24.3 Å². The van der Waals surface area contributed by atoms with Gasteiger partial charge < -0.3 is 9.47 Å². The van der Waals surface area contributed by atoms with Crippen LogP contribution in [0.15, 0.2) is 38.8 Å². The van der Waals surface area contributed by atoms with E-state index in [0.717, 1.165) is 29.7 Å². The van der Waals surface area contributed by atoms with Gasteiger partial charge in [0.25, 0.3) is 4.74 Å². The standard InChI is InChI=1S/C20H22BrClN4O4/c1-24-17-16(26(19(21)23-17)12-13-5-7-14(22)8-6-13)18(27)25(20(24)28)9-11-30-15-4-2-3-10-29-15/h5-8,15H,2-4,9-12H2,1H3/p+1. The lowest BCUT2D eigenvalue weighted by molar-refractivity contribution is -0.740. The van der Waals surface area contributed by atoms with Crippen LogP contribution in [-0.4, -0.2) is 33.4 Å². The fourth-order valence-corrected chi connectivity index (χ4v) is 4.33. The van der Waals surface area contributed by atoms with Crippen LogP contribution in [0.5, 0.6) is 0 Å². The number of benzene rings is 1. The van der Waals surface area contributed by atoms with E-state index in [2.05, 4.69) is 20.9 Å². The normalized spacial score (nSPS) is 20.8. The molecule has 1 fully saturated rings. The molecule has 2 aliphatic rings. The third-order valence-corrected chi connectivity index (χ3v) is 6.23. The molecule has 10 heteroatoms. The van der Waals surface area contributed by atoms with Crippen molar-refractivity contribution in [2.75, 3.05) is 13.2 Å². The maximum Gasteiger partial charge on any atom is 0.332 e. The first-order valence-corrected chi connectivity index (χ1v) is 11.0. The van der Waals surface area contributed by atoms with E-state index in [1.165, 1.54) is 9.13 Å². The number of nitrogens with zero attached hydrogens (tertiary/aromatic N) is 3. The minimum absolute atomic E-state index is 0.157. The summed E-state index contributed by atoms with van der Waals surface area (Å²) in [6.45, 7) is 1.56. The summed E-state index contributed by atoms with van der Waals surface area (Å²) in [5.41, 5.74) is 0.659. The van der Waals surface area contributed by atoms with Gasteiger partial charge in [0, 0.05) is 40.2 Å². The first-order valence-electron chi connectivity index (χ1n) is 9.88. The Morgan fingerprint density at radius 2 is 2.07 bits per heavy atom. The highest BCUT2D eigenvalue weighted by molar-refractivity contribution is 9.18. The topological polar surface area (TPSA) is 79.3 Å². The van der Waals surface area contributed by atoms with Crippen LogP contribution in [0.25, 0.3) is 0 Å². The van der Waals surface area contributed by atoms with Gasteiger partial charge in [-0.2, -0.15) is 4.99 Å². The average Bonchev–Trinajstić information content (AvgIpc) is 3.08. The zero-order chi connectivity index (χ0) is 21.3. The lowest BCUT2D eigenvalue weighted by atomic mass is 10.2. The quantitative estimate of drug-likeness (QED) is 0.617. The molecule has 1 saturated heterocycles. The van der Waals surface area contributed by atoms with Crippen LogP contribution >= 0.6 is 27.5 Å². The molecule has 1 aromatic carbocycles. The summed E-state index contributed by atoms with van der Waals surface area (Å²) < 4.78 is 14.5. The van der Waals surface area contributed by atoms with E-state index < -0.39 is 5.69 Å². The van der Waals surface area contributed by atoms with Crippen LogP contribution in [-0.2, 0) is 29.6 Å². The summed E-state index contributed by atoms with van der Waals surface area (Å²) in [6.07, 6.45) is 2.65. The monoisotopic (exact) mass is 497 g/mol. The second kappa shape index (κ2) is 9.15. The van der Waals surface area contributed by atoms with Crippen LogP contribution in [0.3, 0.4) is 0 Å². The largest absolute Gasteiger partial charge is 0.353 e.